The largest absolute Gasteiger partial charge is 0.468 e. The summed E-state index contributed by atoms with van der Waals surface area (Å²) in [5.41, 5.74) is -1.52. The molecule has 1 rings (SSSR count). The number of esters is 3. The number of rotatable bonds is 11. The summed E-state index contributed by atoms with van der Waals surface area (Å²) in [5.74, 6) is -1.81. The van der Waals surface area contributed by atoms with Crippen LogP contribution in [0.1, 0.15) is 39.0 Å². The van der Waals surface area contributed by atoms with Crippen molar-refractivity contribution in [1.29, 1.82) is 0 Å². The number of methoxy groups -OCH3 is 2. The van der Waals surface area contributed by atoms with Crippen molar-refractivity contribution in [2.24, 2.45) is 5.41 Å². The number of carbonyl (C=O) groups is 3. The molecule has 28 heavy (non-hydrogen) atoms. The highest BCUT2D eigenvalue weighted by molar-refractivity contribution is 6.00. The fraction of sp³-hybridized carbons (Fsp3) is 0.650. The molecule has 1 aliphatic rings. The van der Waals surface area contributed by atoms with Crippen LogP contribution in [0.15, 0.2) is 24.3 Å². The van der Waals surface area contributed by atoms with Crippen molar-refractivity contribution < 1.29 is 38.1 Å². The molecule has 0 bridgehead atoms. The molecule has 1 atom stereocenters. The van der Waals surface area contributed by atoms with Gasteiger partial charge in [0.05, 0.1) is 20.8 Å². The molecule has 1 saturated heterocycles. The van der Waals surface area contributed by atoms with E-state index in [-0.39, 0.29) is 25.7 Å². The van der Waals surface area contributed by atoms with Crippen molar-refractivity contribution in [1.82, 2.24) is 0 Å². The van der Waals surface area contributed by atoms with Gasteiger partial charge in [-0.25, -0.2) is 0 Å². The van der Waals surface area contributed by atoms with Gasteiger partial charge in [-0.1, -0.05) is 24.3 Å². The van der Waals surface area contributed by atoms with E-state index in [1.54, 1.807) is 24.3 Å². The van der Waals surface area contributed by atoms with Gasteiger partial charge in [0.25, 0.3) is 0 Å². The molecule has 0 aromatic heterocycles. The predicted molar refractivity (Wildman–Crippen MR) is 100 cm³/mol. The van der Waals surface area contributed by atoms with Crippen molar-refractivity contribution in [2.75, 3.05) is 34.0 Å². The zero-order valence-corrected chi connectivity index (χ0v) is 16.8. The minimum atomic E-state index is -1.52. The number of carbonyl (C=O) groups excluding carboxylic acids is 3. The second kappa shape index (κ2) is 13.1. The number of hydrogen-bond acceptors (Lipinski definition) is 8. The first-order valence-electron chi connectivity index (χ1n) is 9.29. The Morgan fingerprint density at radius 2 is 1.57 bits per heavy atom. The lowest BCUT2D eigenvalue weighted by molar-refractivity contribution is -0.169. The van der Waals surface area contributed by atoms with Crippen LogP contribution < -0.4 is 0 Å². The van der Waals surface area contributed by atoms with Crippen LogP contribution in [0.3, 0.4) is 0 Å². The van der Waals surface area contributed by atoms with Crippen molar-refractivity contribution in [2.45, 2.75) is 45.3 Å². The monoisotopic (exact) mass is 398 g/mol. The maximum atomic E-state index is 12.4. The molecule has 0 amide bonds. The standard InChI is InChI=1S/C20H30O8/c1-16(21)26-13-8-5-11-20(18(22)24-2,19(23)25-3)12-6-9-15-28-17-10-4-7-14-27-17/h5-6,8-9,17H,4,7,10-15H2,1-3H3/b8-5-,9-6-. The summed E-state index contributed by atoms with van der Waals surface area (Å²) in [5, 5.41) is 0. The summed E-state index contributed by atoms with van der Waals surface area (Å²) in [6, 6.07) is 0. The van der Waals surface area contributed by atoms with Gasteiger partial charge in [-0.15, -0.1) is 0 Å². The van der Waals surface area contributed by atoms with E-state index in [2.05, 4.69) is 0 Å². The van der Waals surface area contributed by atoms with Gasteiger partial charge >= 0.3 is 17.9 Å². The summed E-state index contributed by atoms with van der Waals surface area (Å²) in [7, 11) is 2.44. The van der Waals surface area contributed by atoms with Crippen LogP contribution >= 0.6 is 0 Å². The van der Waals surface area contributed by atoms with E-state index in [9.17, 15) is 14.4 Å². The molecule has 0 aromatic carbocycles. The van der Waals surface area contributed by atoms with Crippen molar-refractivity contribution in [3.8, 4) is 0 Å². The average Bonchev–Trinajstić information content (AvgIpc) is 2.71. The topological polar surface area (TPSA) is 97.4 Å². The molecule has 8 nitrogen and oxygen atoms in total. The lowest BCUT2D eigenvalue weighted by Gasteiger charge is -2.26. The quantitative estimate of drug-likeness (QED) is 0.226. The SMILES string of the molecule is COC(=O)C(C/C=C\COC(C)=O)(C/C=C\COC1CCCCO1)C(=O)OC. The van der Waals surface area contributed by atoms with Crippen LogP contribution in [-0.2, 0) is 38.1 Å². The van der Waals surface area contributed by atoms with Gasteiger partial charge < -0.3 is 23.7 Å². The van der Waals surface area contributed by atoms with Crippen LogP contribution in [-0.4, -0.2) is 58.2 Å². The second-order valence-electron chi connectivity index (χ2n) is 6.35. The molecule has 158 valence electrons. The van der Waals surface area contributed by atoms with Gasteiger partial charge in [0, 0.05) is 13.5 Å². The van der Waals surface area contributed by atoms with E-state index in [1.165, 1.54) is 21.1 Å². The summed E-state index contributed by atoms with van der Waals surface area (Å²) in [6.45, 7) is 2.36. The number of hydrogen-bond donors (Lipinski definition) is 0. The molecule has 0 saturated carbocycles. The first-order chi connectivity index (χ1) is 13.5. The molecule has 0 aromatic rings. The Bertz CT molecular complexity index is 545. The second-order valence-corrected chi connectivity index (χ2v) is 6.35. The predicted octanol–water partition coefficient (Wildman–Crippen LogP) is 2.32. The fourth-order valence-electron chi connectivity index (χ4n) is 2.77. The maximum absolute atomic E-state index is 12.4. The summed E-state index contributed by atoms with van der Waals surface area (Å²) >= 11 is 0. The Morgan fingerprint density at radius 1 is 0.964 bits per heavy atom. The third-order valence-electron chi connectivity index (χ3n) is 4.32. The zero-order valence-electron chi connectivity index (χ0n) is 16.8. The van der Waals surface area contributed by atoms with E-state index in [0.29, 0.717) is 13.2 Å². The zero-order chi connectivity index (χ0) is 20.8. The van der Waals surface area contributed by atoms with Crippen LogP contribution in [0.5, 0.6) is 0 Å². The molecular formula is C20H30O8. The highest BCUT2D eigenvalue weighted by Crippen LogP contribution is 2.31. The summed E-state index contributed by atoms with van der Waals surface area (Å²) in [4.78, 5) is 35.6. The van der Waals surface area contributed by atoms with Gasteiger partial charge in [-0.3, -0.25) is 14.4 Å². The molecule has 1 aliphatic heterocycles. The summed E-state index contributed by atoms with van der Waals surface area (Å²) in [6.07, 6.45) is 9.47. The molecule has 0 aliphatic carbocycles. The van der Waals surface area contributed by atoms with E-state index < -0.39 is 23.3 Å². The number of ether oxygens (including phenoxy) is 5. The molecular weight excluding hydrogens is 368 g/mol. The molecule has 0 spiro atoms. The van der Waals surface area contributed by atoms with Crippen molar-refractivity contribution >= 4 is 17.9 Å². The summed E-state index contributed by atoms with van der Waals surface area (Å²) < 4.78 is 25.6. The van der Waals surface area contributed by atoms with E-state index in [4.69, 9.17) is 23.7 Å². The molecule has 0 N–H and O–H groups in total. The molecule has 1 unspecified atom stereocenters. The highest BCUT2D eigenvalue weighted by Gasteiger charge is 2.46. The van der Waals surface area contributed by atoms with Gasteiger partial charge in [-0.05, 0) is 32.1 Å². The Morgan fingerprint density at radius 3 is 2.07 bits per heavy atom. The van der Waals surface area contributed by atoms with Gasteiger partial charge in [-0.2, -0.15) is 0 Å². The minimum Gasteiger partial charge on any atom is -0.468 e. The van der Waals surface area contributed by atoms with Gasteiger partial charge in [0.15, 0.2) is 11.7 Å². The Kier molecular flexibility index (Phi) is 11.1. The highest BCUT2D eigenvalue weighted by atomic mass is 16.7. The maximum Gasteiger partial charge on any atom is 0.323 e. The van der Waals surface area contributed by atoms with Crippen LogP contribution in [0, 0.1) is 5.41 Å². The number of allylic oxidation sites excluding steroid dienone is 2. The van der Waals surface area contributed by atoms with Crippen molar-refractivity contribution in [3.63, 3.8) is 0 Å². The van der Waals surface area contributed by atoms with Gasteiger partial charge in [0.2, 0.25) is 0 Å². The Balaban J connectivity index is 2.71. The lowest BCUT2D eigenvalue weighted by Crippen LogP contribution is -2.40. The normalized spacial score (nSPS) is 17.6. The molecule has 1 heterocycles. The lowest BCUT2D eigenvalue weighted by atomic mass is 9.80. The Labute approximate surface area is 165 Å². The van der Waals surface area contributed by atoms with E-state index >= 15 is 0 Å². The van der Waals surface area contributed by atoms with Crippen LogP contribution in [0.4, 0.5) is 0 Å². The molecule has 1 fully saturated rings. The minimum absolute atomic E-state index is 0.0462. The van der Waals surface area contributed by atoms with Gasteiger partial charge in [0.1, 0.15) is 6.61 Å². The van der Waals surface area contributed by atoms with Crippen molar-refractivity contribution in [3.05, 3.63) is 24.3 Å². The fourth-order valence-corrected chi connectivity index (χ4v) is 2.77. The third kappa shape index (κ3) is 7.82. The molecule has 8 heteroatoms. The average molecular weight is 398 g/mol. The first kappa shape index (κ1) is 23.8. The van der Waals surface area contributed by atoms with E-state index in [0.717, 1.165) is 19.3 Å². The van der Waals surface area contributed by atoms with Crippen LogP contribution in [0.2, 0.25) is 0 Å². The Hall–Kier alpha value is -2.19. The molecule has 0 radical (unpaired) electrons. The first-order valence-corrected chi connectivity index (χ1v) is 9.29. The third-order valence-corrected chi connectivity index (χ3v) is 4.32. The smallest absolute Gasteiger partial charge is 0.323 e. The van der Waals surface area contributed by atoms with E-state index in [1.807, 2.05) is 0 Å². The van der Waals surface area contributed by atoms with Crippen LogP contribution in [0.25, 0.3) is 0 Å².